The maximum absolute atomic E-state index is 3.50. The molecule has 0 fully saturated rings. The Labute approximate surface area is 225 Å². The lowest BCUT2D eigenvalue weighted by Crippen LogP contribution is -2.49. The van der Waals surface area contributed by atoms with Crippen molar-refractivity contribution in [3.8, 4) is 0 Å². The minimum absolute atomic E-state index is 0.190. The summed E-state index contributed by atoms with van der Waals surface area (Å²) in [5.74, 6) is 0. The first-order valence-corrected chi connectivity index (χ1v) is 14.7. The van der Waals surface area contributed by atoms with E-state index >= 15 is 0 Å². The number of hydrazine groups is 1. The minimum Gasteiger partial charge on any atom is -0.325 e. The van der Waals surface area contributed by atoms with Gasteiger partial charge in [0.05, 0.1) is 5.54 Å². The van der Waals surface area contributed by atoms with E-state index in [1.54, 1.807) is 0 Å². The minimum atomic E-state index is -0.190. The van der Waals surface area contributed by atoms with Crippen LogP contribution in [0.3, 0.4) is 0 Å². The average Bonchev–Trinajstić information content (AvgIpc) is 3.50. The van der Waals surface area contributed by atoms with Gasteiger partial charge in [-0.25, -0.2) is 5.01 Å². The van der Waals surface area contributed by atoms with Gasteiger partial charge in [-0.1, -0.05) is 156 Å². The molecule has 1 heterocycles. The van der Waals surface area contributed by atoms with Crippen molar-refractivity contribution < 1.29 is 0 Å². The quantitative estimate of drug-likeness (QED) is 0.248. The van der Waals surface area contributed by atoms with Crippen LogP contribution in [0.15, 0.2) is 96.8 Å². The molecule has 37 heavy (non-hydrogen) atoms. The zero-order valence-electron chi connectivity index (χ0n) is 22.9. The summed E-state index contributed by atoms with van der Waals surface area (Å²) >= 11 is 0. The predicted molar refractivity (Wildman–Crippen MR) is 160 cm³/mol. The molecule has 1 N–H and O–H groups in total. The molecule has 0 saturated heterocycles. The van der Waals surface area contributed by atoms with E-state index in [1.165, 1.54) is 92.9 Å². The molecule has 2 heteroatoms. The number of unbranched alkanes of at least 4 members (excludes halogenated alkanes) is 9. The molecule has 0 aromatic heterocycles. The summed E-state index contributed by atoms with van der Waals surface area (Å²) in [6.45, 7) is 3.19. The number of hydrogen-bond donors (Lipinski definition) is 1. The highest BCUT2D eigenvalue weighted by atomic mass is 15.5. The van der Waals surface area contributed by atoms with Gasteiger partial charge in [0.2, 0.25) is 0 Å². The fourth-order valence-corrected chi connectivity index (χ4v) is 5.59. The van der Waals surface area contributed by atoms with Gasteiger partial charge >= 0.3 is 0 Å². The highest BCUT2D eigenvalue weighted by Gasteiger charge is 2.38. The molecule has 1 atom stereocenters. The SMILES string of the molecule is CCCCCCCCCCCCc1ccc(C2(N3CC=CN3)C=CC=C(C=Cc3ccccc3)C2)cc1. The molecule has 0 saturated carbocycles. The Morgan fingerprint density at radius 1 is 0.811 bits per heavy atom. The number of aryl methyl sites for hydroxylation is 1. The van der Waals surface area contributed by atoms with Gasteiger partial charge in [0.1, 0.15) is 0 Å². The van der Waals surface area contributed by atoms with Gasteiger partial charge in [0.15, 0.2) is 0 Å². The summed E-state index contributed by atoms with van der Waals surface area (Å²) in [7, 11) is 0. The fourth-order valence-electron chi connectivity index (χ4n) is 5.59. The van der Waals surface area contributed by atoms with E-state index < -0.39 is 0 Å². The van der Waals surface area contributed by atoms with Crippen LogP contribution in [0.4, 0.5) is 0 Å². The van der Waals surface area contributed by atoms with Gasteiger partial charge in [-0.3, -0.25) is 0 Å². The Balaban J connectivity index is 1.31. The first-order chi connectivity index (χ1) is 18.3. The van der Waals surface area contributed by atoms with Crippen LogP contribution in [-0.2, 0) is 12.0 Å². The molecule has 4 rings (SSSR count). The molecule has 0 amide bonds. The molecule has 0 bridgehead atoms. The van der Waals surface area contributed by atoms with E-state index in [2.05, 4.69) is 115 Å². The smallest absolute Gasteiger partial charge is 0.0876 e. The van der Waals surface area contributed by atoms with Crippen molar-refractivity contribution in [2.45, 2.75) is 89.5 Å². The normalized spacial score (nSPS) is 19.4. The first kappa shape index (κ1) is 27.2. The number of nitrogens with zero attached hydrogens (tertiary/aromatic N) is 1. The molecule has 0 spiro atoms. The van der Waals surface area contributed by atoms with E-state index in [0.29, 0.717) is 0 Å². The lowest BCUT2D eigenvalue weighted by molar-refractivity contribution is 0.115. The Kier molecular flexibility index (Phi) is 10.9. The van der Waals surface area contributed by atoms with Gasteiger partial charge in [-0.2, -0.15) is 0 Å². The highest BCUT2D eigenvalue weighted by molar-refractivity contribution is 5.54. The first-order valence-electron chi connectivity index (χ1n) is 14.7. The van der Waals surface area contributed by atoms with Crippen LogP contribution in [0.2, 0.25) is 0 Å². The lowest BCUT2D eigenvalue weighted by atomic mass is 9.79. The van der Waals surface area contributed by atoms with Gasteiger partial charge in [-0.05, 0) is 35.1 Å². The molecule has 196 valence electrons. The average molecular weight is 495 g/mol. The van der Waals surface area contributed by atoms with Gasteiger partial charge in [0.25, 0.3) is 0 Å². The van der Waals surface area contributed by atoms with Gasteiger partial charge in [0, 0.05) is 19.2 Å². The van der Waals surface area contributed by atoms with Crippen molar-refractivity contribution in [2.75, 3.05) is 6.54 Å². The molecule has 0 radical (unpaired) electrons. The third-order valence-corrected chi connectivity index (χ3v) is 7.84. The van der Waals surface area contributed by atoms with Crippen LogP contribution >= 0.6 is 0 Å². The second kappa shape index (κ2) is 14.8. The summed E-state index contributed by atoms with van der Waals surface area (Å²) in [6, 6.07) is 20.0. The molecule has 2 aromatic carbocycles. The third-order valence-electron chi connectivity index (χ3n) is 7.84. The maximum atomic E-state index is 3.50. The van der Waals surface area contributed by atoms with Crippen LogP contribution in [0.25, 0.3) is 6.08 Å². The summed E-state index contributed by atoms with van der Waals surface area (Å²) in [5.41, 5.74) is 8.70. The largest absolute Gasteiger partial charge is 0.325 e. The van der Waals surface area contributed by atoms with E-state index in [1.807, 2.05) is 0 Å². The number of allylic oxidation sites excluding steroid dienone is 3. The van der Waals surface area contributed by atoms with Crippen LogP contribution < -0.4 is 5.43 Å². The van der Waals surface area contributed by atoms with Crippen molar-refractivity contribution in [3.63, 3.8) is 0 Å². The van der Waals surface area contributed by atoms with Crippen LogP contribution in [0.5, 0.6) is 0 Å². The second-order valence-electron chi connectivity index (χ2n) is 10.7. The van der Waals surface area contributed by atoms with E-state index in [0.717, 1.165) is 13.0 Å². The van der Waals surface area contributed by atoms with Crippen molar-refractivity contribution in [3.05, 3.63) is 113 Å². The Morgan fingerprint density at radius 2 is 1.51 bits per heavy atom. The fraction of sp³-hybridized carbons (Fsp3) is 0.429. The van der Waals surface area contributed by atoms with Gasteiger partial charge in [-0.15, -0.1) is 0 Å². The molecule has 1 unspecified atom stereocenters. The maximum Gasteiger partial charge on any atom is 0.0876 e. The second-order valence-corrected chi connectivity index (χ2v) is 10.7. The molecule has 2 aliphatic rings. The monoisotopic (exact) mass is 494 g/mol. The Hall–Kier alpha value is -2.84. The number of hydrogen-bond acceptors (Lipinski definition) is 2. The Bertz CT molecular complexity index is 1040. The molecule has 1 aliphatic carbocycles. The van der Waals surface area contributed by atoms with E-state index in [4.69, 9.17) is 0 Å². The lowest BCUT2D eigenvalue weighted by Gasteiger charge is -2.42. The highest BCUT2D eigenvalue weighted by Crippen LogP contribution is 2.39. The topological polar surface area (TPSA) is 15.3 Å². The van der Waals surface area contributed by atoms with Crippen molar-refractivity contribution in [2.24, 2.45) is 0 Å². The summed E-state index contributed by atoms with van der Waals surface area (Å²) in [5, 5.41) is 2.37. The zero-order valence-corrected chi connectivity index (χ0v) is 22.9. The summed E-state index contributed by atoms with van der Waals surface area (Å²) in [6.07, 6.45) is 31.6. The molecular formula is C35H46N2. The van der Waals surface area contributed by atoms with Crippen LogP contribution in [-0.4, -0.2) is 11.6 Å². The number of benzene rings is 2. The van der Waals surface area contributed by atoms with Crippen LogP contribution in [0, 0.1) is 0 Å². The predicted octanol–water partition coefficient (Wildman–Crippen LogP) is 9.28. The standard InChI is InChI=1S/C35H46N2/c1-2-3-4-5-6-7-8-9-10-12-19-32-23-25-34(26-24-32)35(37-29-16-28-36-37)27-15-20-33(30-35)22-21-31-17-13-11-14-18-31/h11,13-18,20-28,36H,2-10,12,19,29-30H2,1H3. The third kappa shape index (κ3) is 8.07. The van der Waals surface area contributed by atoms with Gasteiger partial charge < -0.3 is 5.43 Å². The molecule has 1 aliphatic heterocycles. The van der Waals surface area contributed by atoms with E-state index in [9.17, 15) is 0 Å². The summed E-state index contributed by atoms with van der Waals surface area (Å²) < 4.78 is 0. The van der Waals surface area contributed by atoms with Crippen molar-refractivity contribution in [1.82, 2.24) is 10.4 Å². The number of rotatable bonds is 15. The van der Waals surface area contributed by atoms with Crippen LogP contribution in [0.1, 0.15) is 94.2 Å². The zero-order chi connectivity index (χ0) is 25.6. The van der Waals surface area contributed by atoms with Crippen molar-refractivity contribution >= 4 is 6.08 Å². The van der Waals surface area contributed by atoms with Crippen molar-refractivity contribution in [1.29, 1.82) is 0 Å². The molecule has 2 aromatic rings. The van der Waals surface area contributed by atoms with E-state index in [-0.39, 0.29) is 5.54 Å². The summed E-state index contributed by atoms with van der Waals surface area (Å²) in [4.78, 5) is 0. The number of nitrogens with one attached hydrogen (secondary N) is 1. The Morgan fingerprint density at radius 3 is 2.19 bits per heavy atom. The molecule has 2 nitrogen and oxygen atoms in total. The molecular weight excluding hydrogens is 448 g/mol.